The lowest BCUT2D eigenvalue weighted by atomic mass is 10.0. The molecule has 144 valence electrons. The summed E-state index contributed by atoms with van der Waals surface area (Å²) in [5.41, 5.74) is 1.54. The fourth-order valence-electron chi connectivity index (χ4n) is 2.85. The van der Waals surface area contributed by atoms with E-state index in [0.717, 1.165) is 11.1 Å². The zero-order valence-corrected chi connectivity index (χ0v) is 15.8. The van der Waals surface area contributed by atoms with Gasteiger partial charge < -0.3 is 20.5 Å². The quantitative estimate of drug-likeness (QED) is 0.666. The molecule has 3 unspecified atom stereocenters. The van der Waals surface area contributed by atoms with Crippen LogP contribution in [0, 0.1) is 0 Å². The van der Waals surface area contributed by atoms with Crippen LogP contribution in [0.15, 0.2) is 54.6 Å². The molecular weight excluding hydrogens is 344 g/mol. The van der Waals surface area contributed by atoms with Crippen molar-refractivity contribution in [1.82, 2.24) is 10.6 Å². The second-order valence-corrected chi connectivity index (χ2v) is 6.44. The molecule has 0 aromatic heterocycles. The van der Waals surface area contributed by atoms with E-state index < -0.39 is 18.2 Å². The fraction of sp³-hybridized carbons (Fsp3) is 0.333. The van der Waals surface area contributed by atoms with Crippen molar-refractivity contribution in [3.63, 3.8) is 0 Å². The lowest BCUT2D eigenvalue weighted by Crippen LogP contribution is -2.39. The number of hydrogen-bond acceptors (Lipinski definition) is 4. The summed E-state index contributed by atoms with van der Waals surface area (Å²) in [7, 11) is 1.58. The van der Waals surface area contributed by atoms with E-state index in [-0.39, 0.29) is 18.2 Å². The van der Waals surface area contributed by atoms with Crippen molar-refractivity contribution in [2.75, 3.05) is 7.11 Å². The minimum absolute atomic E-state index is 0.0672. The maximum absolute atomic E-state index is 12.5. The summed E-state index contributed by atoms with van der Waals surface area (Å²) in [6.45, 7) is 3.16. The van der Waals surface area contributed by atoms with E-state index in [1.54, 1.807) is 26.2 Å². The Hall–Kier alpha value is -2.86. The molecule has 6 heteroatoms. The van der Waals surface area contributed by atoms with Crippen LogP contribution in [-0.4, -0.2) is 30.1 Å². The Bertz CT molecular complexity index is 747. The number of aliphatic hydroxyl groups excluding tert-OH is 1. The summed E-state index contributed by atoms with van der Waals surface area (Å²) < 4.78 is 5.14. The molecule has 0 bridgehead atoms. The number of carbonyl (C=O) groups is 2. The summed E-state index contributed by atoms with van der Waals surface area (Å²) in [5, 5.41) is 16.0. The molecule has 0 spiro atoms. The number of amides is 2. The van der Waals surface area contributed by atoms with Crippen LogP contribution in [0.4, 0.5) is 0 Å². The smallest absolute Gasteiger partial charge is 0.222 e. The van der Waals surface area contributed by atoms with Gasteiger partial charge in [0.15, 0.2) is 0 Å². The summed E-state index contributed by atoms with van der Waals surface area (Å²) in [5.74, 6) is 0.220. The molecule has 3 N–H and O–H groups in total. The largest absolute Gasteiger partial charge is 0.497 e. The maximum Gasteiger partial charge on any atom is 0.222 e. The third-order valence-electron chi connectivity index (χ3n) is 4.29. The van der Waals surface area contributed by atoms with Crippen molar-refractivity contribution in [3.8, 4) is 5.75 Å². The molecule has 0 radical (unpaired) electrons. The van der Waals surface area contributed by atoms with Gasteiger partial charge in [-0.05, 0) is 30.2 Å². The number of methoxy groups -OCH3 is 1. The third kappa shape index (κ3) is 6.11. The highest BCUT2D eigenvalue weighted by Crippen LogP contribution is 2.21. The van der Waals surface area contributed by atoms with E-state index in [4.69, 9.17) is 4.74 Å². The minimum Gasteiger partial charge on any atom is -0.497 e. The normalized spacial score (nSPS) is 13.9. The van der Waals surface area contributed by atoms with Crippen LogP contribution in [0.25, 0.3) is 0 Å². The van der Waals surface area contributed by atoms with Crippen LogP contribution in [0.5, 0.6) is 5.75 Å². The number of hydrogen-bond donors (Lipinski definition) is 3. The first-order chi connectivity index (χ1) is 12.9. The van der Waals surface area contributed by atoms with E-state index in [1.165, 1.54) is 6.92 Å². The van der Waals surface area contributed by atoms with Crippen LogP contribution < -0.4 is 15.4 Å². The Morgan fingerprint density at radius 2 is 1.63 bits per heavy atom. The first-order valence-corrected chi connectivity index (χ1v) is 8.84. The number of benzene rings is 2. The Morgan fingerprint density at radius 1 is 1.00 bits per heavy atom. The molecule has 0 heterocycles. The molecule has 0 fully saturated rings. The molecule has 2 aromatic carbocycles. The van der Waals surface area contributed by atoms with Crippen molar-refractivity contribution in [1.29, 1.82) is 0 Å². The highest BCUT2D eigenvalue weighted by molar-refractivity contribution is 5.79. The first kappa shape index (κ1) is 20.5. The van der Waals surface area contributed by atoms with Crippen LogP contribution >= 0.6 is 0 Å². The predicted molar refractivity (Wildman–Crippen MR) is 103 cm³/mol. The van der Waals surface area contributed by atoms with Crippen LogP contribution in [0.2, 0.25) is 0 Å². The molecule has 3 atom stereocenters. The van der Waals surface area contributed by atoms with Gasteiger partial charge in [0.25, 0.3) is 0 Å². The van der Waals surface area contributed by atoms with Gasteiger partial charge in [0.05, 0.1) is 31.7 Å². The van der Waals surface area contributed by atoms with Crippen molar-refractivity contribution < 1.29 is 19.4 Å². The summed E-state index contributed by atoms with van der Waals surface area (Å²) in [6.07, 6.45) is -0.743. The van der Waals surface area contributed by atoms with Crippen molar-refractivity contribution in [2.45, 2.75) is 38.5 Å². The number of rotatable bonds is 8. The average molecular weight is 370 g/mol. The Morgan fingerprint density at radius 3 is 2.19 bits per heavy atom. The molecule has 2 amide bonds. The predicted octanol–water partition coefficient (Wildman–Crippen LogP) is 2.50. The molecule has 0 saturated heterocycles. The van der Waals surface area contributed by atoms with Gasteiger partial charge in [0, 0.05) is 6.92 Å². The number of aliphatic hydroxyl groups is 1. The van der Waals surface area contributed by atoms with Gasteiger partial charge in [-0.2, -0.15) is 0 Å². The van der Waals surface area contributed by atoms with Gasteiger partial charge in [-0.15, -0.1) is 0 Å². The SMILES string of the molecule is COc1ccc(C(CC(=O)NC(C)C(O)c2ccccc2)NC(C)=O)cc1. The Kier molecular flexibility index (Phi) is 7.37. The van der Waals surface area contributed by atoms with Crippen molar-refractivity contribution >= 4 is 11.8 Å². The highest BCUT2D eigenvalue weighted by atomic mass is 16.5. The maximum atomic E-state index is 12.5. The molecule has 0 aliphatic rings. The fourth-order valence-corrected chi connectivity index (χ4v) is 2.85. The lowest BCUT2D eigenvalue weighted by molar-refractivity contribution is -0.123. The van der Waals surface area contributed by atoms with E-state index in [1.807, 2.05) is 42.5 Å². The van der Waals surface area contributed by atoms with Crippen LogP contribution in [-0.2, 0) is 9.59 Å². The van der Waals surface area contributed by atoms with Gasteiger partial charge in [-0.1, -0.05) is 42.5 Å². The standard InChI is InChI=1S/C21H26N2O4/c1-14(21(26)17-7-5-4-6-8-17)22-20(25)13-19(23-15(2)24)16-9-11-18(27-3)12-10-16/h4-12,14,19,21,26H,13H2,1-3H3,(H,22,25)(H,23,24). The first-order valence-electron chi connectivity index (χ1n) is 8.84. The number of nitrogens with one attached hydrogen (secondary N) is 2. The van der Waals surface area contributed by atoms with Crippen molar-refractivity contribution in [3.05, 3.63) is 65.7 Å². The average Bonchev–Trinajstić information content (AvgIpc) is 2.67. The number of carbonyl (C=O) groups excluding carboxylic acids is 2. The van der Waals surface area contributed by atoms with Gasteiger partial charge >= 0.3 is 0 Å². The second-order valence-electron chi connectivity index (χ2n) is 6.44. The monoisotopic (exact) mass is 370 g/mol. The molecule has 2 aromatic rings. The van der Waals surface area contributed by atoms with Gasteiger partial charge in [0.1, 0.15) is 5.75 Å². The zero-order valence-electron chi connectivity index (χ0n) is 15.8. The van der Waals surface area contributed by atoms with E-state index in [2.05, 4.69) is 10.6 Å². The third-order valence-corrected chi connectivity index (χ3v) is 4.29. The summed E-state index contributed by atoms with van der Waals surface area (Å²) >= 11 is 0. The number of ether oxygens (including phenoxy) is 1. The Balaban J connectivity index is 2.03. The minimum atomic E-state index is -0.810. The molecule has 27 heavy (non-hydrogen) atoms. The second kappa shape index (κ2) is 9.73. The van der Waals surface area contributed by atoms with Gasteiger partial charge in [-0.25, -0.2) is 0 Å². The Labute approximate surface area is 159 Å². The molecule has 0 aliphatic carbocycles. The summed E-state index contributed by atoms with van der Waals surface area (Å²) in [4.78, 5) is 24.0. The molecular formula is C21H26N2O4. The lowest BCUT2D eigenvalue weighted by Gasteiger charge is -2.23. The van der Waals surface area contributed by atoms with Gasteiger partial charge in [-0.3, -0.25) is 9.59 Å². The van der Waals surface area contributed by atoms with Gasteiger partial charge in [0.2, 0.25) is 11.8 Å². The van der Waals surface area contributed by atoms with Crippen molar-refractivity contribution in [2.24, 2.45) is 0 Å². The van der Waals surface area contributed by atoms with E-state index in [0.29, 0.717) is 5.75 Å². The molecule has 0 saturated carbocycles. The molecule has 2 rings (SSSR count). The molecule has 6 nitrogen and oxygen atoms in total. The summed E-state index contributed by atoms with van der Waals surface area (Å²) in [6, 6.07) is 15.4. The van der Waals surface area contributed by atoms with E-state index in [9.17, 15) is 14.7 Å². The highest BCUT2D eigenvalue weighted by Gasteiger charge is 2.22. The van der Waals surface area contributed by atoms with E-state index >= 15 is 0 Å². The topological polar surface area (TPSA) is 87.7 Å². The zero-order chi connectivity index (χ0) is 19.8. The van der Waals surface area contributed by atoms with Crippen LogP contribution in [0.3, 0.4) is 0 Å². The van der Waals surface area contributed by atoms with Crippen LogP contribution in [0.1, 0.15) is 43.5 Å². The molecule has 0 aliphatic heterocycles.